The number of benzene rings is 1. The van der Waals surface area contributed by atoms with Gasteiger partial charge in [0.15, 0.2) is 0 Å². The summed E-state index contributed by atoms with van der Waals surface area (Å²) >= 11 is 0. The number of carboxylic acid groups (broad SMARTS) is 1. The van der Waals surface area contributed by atoms with Gasteiger partial charge in [-0.25, -0.2) is 4.79 Å². The van der Waals surface area contributed by atoms with E-state index in [0.717, 1.165) is 5.56 Å². The van der Waals surface area contributed by atoms with Crippen molar-refractivity contribution in [2.75, 3.05) is 11.9 Å². The Bertz CT molecular complexity index is 534. The van der Waals surface area contributed by atoms with Gasteiger partial charge in [0, 0.05) is 29.0 Å². The van der Waals surface area contributed by atoms with Crippen LogP contribution in [0.25, 0.3) is 0 Å². The second-order valence-corrected chi connectivity index (χ2v) is 4.30. The zero-order chi connectivity index (χ0) is 15.1. The first-order chi connectivity index (χ1) is 9.47. The van der Waals surface area contributed by atoms with Gasteiger partial charge < -0.3 is 15.2 Å². The van der Waals surface area contributed by atoms with Crippen LogP contribution in [0.2, 0.25) is 0 Å². The van der Waals surface area contributed by atoms with E-state index in [9.17, 15) is 9.59 Å². The van der Waals surface area contributed by atoms with E-state index in [2.05, 4.69) is 5.32 Å². The number of ether oxygens (including phenoxy) is 1. The Balaban J connectivity index is 2.91. The summed E-state index contributed by atoms with van der Waals surface area (Å²) in [7, 11) is 0. The summed E-state index contributed by atoms with van der Waals surface area (Å²) in [6, 6.07) is 7.27. The smallest absolute Gasteiger partial charge is 0.331 e. The van der Waals surface area contributed by atoms with Gasteiger partial charge >= 0.3 is 5.97 Å². The molecule has 0 aromatic heterocycles. The molecule has 1 rings (SSSR count). The summed E-state index contributed by atoms with van der Waals surface area (Å²) in [6.07, 6.45) is 0. The van der Waals surface area contributed by atoms with E-state index in [4.69, 9.17) is 9.84 Å². The molecular formula is C15H19NO4. The predicted molar refractivity (Wildman–Crippen MR) is 76.4 cm³/mol. The average molecular weight is 277 g/mol. The highest BCUT2D eigenvalue weighted by Crippen LogP contribution is 2.17. The molecule has 1 aromatic carbocycles. The van der Waals surface area contributed by atoms with Crippen LogP contribution in [0.15, 0.2) is 35.4 Å². The van der Waals surface area contributed by atoms with Crippen molar-refractivity contribution in [3.05, 3.63) is 41.0 Å². The Morgan fingerprint density at radius 3 is 2.45 bits per heavy atom. The van der Waals surface area contributed by atoms with Crippen LogP contribution in [0, 0.1) is 0 Å². The number of carbonyl (C=O) groups excluding carboxylic acids is 1. The van der Waals surface area contributed by atoms with Crippen LogP contribution in [-0.4, -0.2) is 23.6 Å². The first-order valence-corrected chi connectivity index (χ1v) is 6.35. The van der Waals surface area contributed by atoms with E-state index in [-0.39, 0.29) is 11.1 Å². The lowest BCUT2D eigenvalue weighted by Crippen LogP contribution is -2.17. The van der Waals surface area contributed by atoms with Crippen LogP contribution < -0.4 is 5.32 Å². The fraction of sp³-hybridized carbons (Fsp3) is 0.333. The maximum Gasteiger partial charge on any atom is 0.331 e. The van der Waals surface area contributed by atoms with Crippen molar-refractivity contribution in [1.29, 1.82) is 0 Å². The molecule has 0 saturated heterocycles. The molecular weight excluding hydrogens is 258 g/mol. The van der Waals surface area contributed by atoms with Crippen LogP contribution in [0.4, 0.5) is 5.69 Å². The third kappa shape index (κ3) is 4.20. The van der Waals surface area contributed by atoms with Gasteiger partial charge in [0.2, 0.25) is 0 Å². The molecule has 1 amide bonds. The van der Waals surface area contributed by atoms with Crippen molar-refractivity contribution in [2.24, 2.45) is 0 Å². The van der Waals surface area contributed by atoms with Crippen molar-refractivity contribution in [3.8, 4) is 0 Å². The van der Waals surface area contributed by atoms with Gasteiger partial charge in [-0.15, -0.1) is 0 Å². The normalized spacial score (nSPS) is 11.8. The second kappa shape index (κ2) is 7.45. The molecule has 0 aliphatic rings. The molecule has 0 spiro atoms. The summed E-state index contributed by atoms with van der Waals surface area (Å²) in [6.45, 7) is 5.77. The topological polar surface area (TPSA) is 75.6 Å². The fourth-order valence-corrected chi connectivity index (χ4v) is 1.53. The van der Waals surface area contributed by atoms with E-state index in [1.807, 2.05) is 19.1 Å². The monoisotopic (exact) mass is 277 g/mol. The zero-order valence-corrected chi connectivity index (χ0v) is 11.9. The molecule has 0 aliphatic carbocycles. The van der Waals surface area contributed by atoms with Gasteiger partial charge in [0.25, 0.3) is 5.91 Å². The number of amides is 1. The molecule has 0 saturated carbocycles. The van der Waals surface area contributed by atoms with Gasteiger partial charge in [-0.3, -0.25) is 4.79 Å². The number of nitrogens with one attached hydrogen (secondary N) is 1. The van der Waals surface area contributed by atoms with Crippen LogP contribution >= 0.6 is 0 Å². The van der Waals surface area contributed by atoms with Gasteiger partial charge in [-0.1, -0.05) is 18.2 Å². The first-order valence-electron chi connectivity index (χ1n) is 6.35. The van der Waals surface area contributed by atoms with E-state index in [0.29, 0.717) is 18.9 Å². The third-order valence-electron chi connectivity index (χ3n) is 2.95. The summed E-state index contributed by atoms with van der Waals surface area (Å²) in [4.78, 5) is 22.9. The number of carboxylic acids is 1. The fourth-order valence-electron chi connectivity index (χ4n) is 1.53. The Hall–Kier alpha value is -2.14. The van der Waals surface area contributed by atoms with Crippen molar-refractivity contribution < 1.29 is 19.4 Å². The molecule has 1 aromatic rings. The lowest BCUT2D eigenvalue weighted by molar-refractivity contribution is -0.133. The van der Waals surface area contributed by atoms with Crippen molar-refractivity contribution >= 4 is 17.6 Å². The molecule has 0 heterocycles. The highest BCUT2D eigenvalue weighted by atomic mass is 16.5. The number of anilines is 1. The van der Waals surface area contributed by atoms with Crippen LogP contribution in [-0.2, 0) is 20.9 Å². The molecule has 0 fully saturated rings. The van der Waals surface area contributed by atoms with Crippen molar-refractivity contribution in [1.82, 2.24) is 0 Å². The molecule has 5 nitrogen and oxygen atoms in total. The molecule has 0 aliphatic heterocycles. The van der Waals surface area contributed by atoms with E-state index >= 15 is 0 Å². The third-order valence-corrected chi connectivity index (χ3v) is 2.95. The summed E-state index contributed by atoms with van der Waals surface area (Å²) in [5, 5.41) is 11.6. The minimum atomic E-state index is -1.10. The molecule has 0 bridgehead atoms. The van der Waals surface area contributed by atoms with E-state index in [1.165, 1.54) is 13.8 Å². The highest BCUT2D eigenvalue weighted by molar-refractivity contribution is 6.08. The zero-order valence-electron chi connectivity index (χ0n) is 11.9. The standard InChI is InChI=1S/C15H19NO4/c1-4-20-9-12-7-5-6-8-13(12)16-14(17)10(2)11(3)15(18)19/h5-8H,4,9H2,1-3H3,(H,16,17)(H,18,19). The molecule has 0 unspecified atom stereocenters. The quantitative estimate of drug-likeness (QED) is 0.784. The lowest BCUT2D eigenvalue weighted by Gasteiger charge is -2.12. The van der Waals surface area contributed by atoms with Gasteiger partial charge in [-0.05, 0) is 26.8 Å². The SMILES string of the molecule is CCOCc1ccccc1NC(=O)C(C)=C(C)C(=O)O. The van der Waals surface area contributed by atoms with Crippen LogP contribution in [0.1, 0.15) is 26.3 Å². The molecule has 20 heavy (non-hydrogen) atoms. The Morgan fingerprint density at radius 1 is 1.20 bits per heavy atom. The Kier molecular flexibility index (Phi) is 5.93. The van der Waals surface area contributed by atoms with Gasteiger partial charge in [-0.2, -0.15) is 0 Å². The van der Waals surface area contributed by atoms with E-state index < -0.39 is 11.9 Å². The maximum absolute atomic E-state index is 12.0. The largest absolute Gasteiger partial charge is 0.478 e. The second-order valence-electron chi connectivity index (χ2n) is 4.30. The minimum absolute atomic E-state index is 0.0322. The predicted octanol–water partition coefficient (Wildman–Crippen LogP) is 2.58. The number of rotatable bonds is 6. The lowest BCUT2D eigenvalue weighted by atomic mass is 10.1. The van der Waals surface area contributed by atoms with Crippen LogP contribution in [0.5, 0.6) is 0 Å². The van der Waals surface area contributed by atoms with Crippen molar-refractivity contribution in [2.45, 2.75) is 27.4 Å². The number of para-hydroxylation sites is 1. The number of hydrogen-bond acceptors (Lipinski definition) is 3. The number of hydrogen-bond donors (Lipinski definition) is 2. The van der Waals surface area contributed by atoms with Crippen LogP contribution in [0.3, 0.4) is 0 Å². The molecule has 2 N–H and O–H groups in total. The molecule has 0 atom stereocenters. The van der Waals surface area contributed by atoms with E-state index in [1.54, 1.807) is 12.1 Å². The summed E-state index contributed by atoms with van der Waals surface area (Å²) in [5.74, 6) is -1.52. The number of carbonyl (C=O) groups is 2. The Labute approximate surface area is 118 Å². The molecule has 5 heteroatoms. The van der Waals surface area contributed by atoms with Gasteiger partial charge in [0.1, 0.15) is 0 Å². The Morgan fingerprint density at radius 2 is 1.85 bits per heavy atom. The minimum Gasteiger partial charge on any atom is -0.478 e. The maximum atomic E-state index is 12.0. The van der Waals surface area contributed by atoms with Gasteiger partial charge in [0.05, 0.1) is 6.61 Å². The molecule has 108 valence electrons. The highest BCUT2D eigenvalue weighted by Gasteiger charge is 2.14. The number of aliphatic carboxylic acids is 1. The van der Waals surface area contributed by atoms with Crippen molar-refractivity contribution in [3.63, 3.8) is 0 Å². The average Bonchev–Trinajstić information content (AvgIpc) is 2.44. The summed E-state index contributed by atoms with van der Waals surface area (Å²) in [5.41, 5.74) is 1.69. The molecule has 0 radical (unpaired) electrons. The summed E-state index contributed by atoms with van der Waals surface area (Å²) < 4.78 is 5.33. The first kappa shape index (κ1) is 15.9.